The lowest BCUT2D eigenvalue weighted by Crippen LogP contribution is -2.32. The predicted octanol–water partition coefficient (Wildman–Crippen LogP) is 3.29. The van der Waals surface area contributed by atoms with Crippen molar-refractivity contribution in [3.05, 3.63) is 105 Å². The highest BCUT2D eigenvalue weighted by Crippen LogP contribution is 2.25. The van der Waals surface area contributed by atoms with Gasteiger partial charge in [-0.05, 0) is 48.0 Å². The van der Waals surface area contributed by atoms with Crippen LogP contribution < -0.4 is 15.6 Å². The molecule has 3 N–H and O–H groups in total. The number of nitro groups is 1. The third-order valence-electron chi connectivity index (χ3n) is 4.83. The van der Waals surface area contributed by atoms with Crippen LogP contribution in [-0.2, 0) is 4.79 Å². The van der Waals surface area contributed by atoms with Crippen molar-refractivity contribution in [1.29, 1.82) is 0 Å². The van der Waals surface area contributed by atoms with Crippen LogP contribution in [0.1, 0.15) is 21.5 Å². The van der Waals surface area contributed by atoms with Gasteiger partial charge in [0.15, 0.2) is 5.75 Å². The highest BCUT2D eigenvalue weighted by atomic mass is 16.6. The Kier molecular flexibility index (Phi) is 7.91. The van der Waals surface area contributed by atoms with Crippen molar-refractivity contribution < 1.29 is 19.6 Å². The van der Waals surface area contributed by atoms with E-state index in [9.17, 15) is 24.8 Å². The third-order valence-corrected chi connectivity index (χ3v) is 4.83. The maximum absolute atomic E-state index is 12.8. The molecule has 10 nitrogen and oxygen atoms in total. The zero-order chi connectivity index (χ0) is 25.4. The number of aromatic hydroxyl groups is 1. The Morgan fingerprint density at radius 2 is 1.66 bits per heavy atom. The van der Waals surface area contributed by atoms with Gasteiger partial charge in [-0.25, -0.2) is 5.43 Å². The van der Waals surface area contributed by atoms with Crippen LogP contribution in [0.25, 0.3) is 6.08 Å². The predicted molar refractivity (Wildman–Crippen MR) is 133 cm³/mol. The Balaban J connectivity index is 1.82. The number of hydrogen-bond donors (Lipinski definition) is 3. The average molecular weight is 473 g/mol. The molecule has 0 atom stereocenters. The van der Waals surface area contributed by atoms with E-state index < -0.39 is 28.2 Å². The molecule has 0 saturated heterocycles. The zero-order valence-corrected chi connectivity index (χ0v) is 19.0. The zero-order valence-electron chi connectivity index (χ0n) is 19.0. The molecule has 178 valence electrons. The number of nitro benzene ring substituents is 1. The van der Waals surface area contributed by atoms with Gasteiger partial charge in [-0.15, -0.1) is 0 Å². The number of rotatable bonds is 8. The molecule has 0 saturated carbocycles. The van der Waals surface area contributed by atoms with Crippen LogP contribution in [0.5, 0.6) is 5.75 Å². The van der Waals surface area contributed by atoms with E-state index in [0.717, 1.165) is 17.8 Å². The molecule has 3 rings (SSSR count). The molecule has 0 fully saturated rings. The minimum absolute atomic E-state index is 0.0507. The van der Waals surface area contributed by atoms with Crippen molar-refractivity contribution in [2.24, 2.45) is 5.10 Å². The quantitative estimate of drug-likeness (QED) is 0.199. The topological polar surface area (TPSA) is 137 Å². The first kappa shape index (κ1) is 24.6. The van der Waals surface area contributed by atoms with E-state index in [-0.39, 0.29) is 11.3 Å². The molecule has 2 amide bonds. The summed E-state index contributed by atoms with van der Waals surface area (Å²) in [7, 11) is 3.81. The fourth-order valence-electron chi connectivity index (χ4n) is 2.97. The lowest BCUT2D eigenvalue weighted by Gasteiger charge is -2.12. The highest BCUT2D eigenvalue weighted by molar-refractivity contribution is 6.05. The molecular weight excluding hydrogens is 450 g/mol. The second-order valence-electron chi connectivity index (χ2n) is 7.57. The van der Waals surface area contributed by atoms with Gasteiger partial charge in [-0.1, -0.05) is 30.3 Å². The van der Waals surface area contributed by atoms with Crippen LogP contribution >= 0.6 is 0 Å². The van der Waals surface area contributed by atoms with Crippen LogP contribution in [0.15, 0.2) is 83.6 Å². The Morgan fingerprint density at radius 1 is 1.00 bits per heavy atom. The first-order valence-corrected chi connectivity index (χ1v) is 10.4. The largest absolute Gasteiger partial charge is 0.502 e. The van der Waals surface area contributed by atoms with Crippen LogP contribution in [0.3, 0.4) is 0 Å². The van der Waals surface area contributed by atoms with Gasteiger partial charge in [0.2, 0.25) is 0 Å². The molecule has 0 heterocycles. The van der Waals surface area contributed by atoms with Crippen molar-refractivity contribution in [3.8, 4) is 5.75 Å². The number of hydrazone groups is 1. The smallest absolute Gasteiger partial charge is 0.311 e. The molecule has 0 unspecified atom stereocenters. The summed E-state index contributed by atoms with van der Waals surface area (Å²) in [5, 5.41) is 27.0. The van der Waals surface area contributed by atoms with Gasteiger partial charge in [0.05, 0.1) is 11.1 Å². The fourth-order valence-corrected chi connectivity index (χ4v) is 2.97. The second-order valence-corrected chi connectivity index (χ2v) is 7.57. The van der Waals surface area contributed by atoms with Crippen molar-refractivity contribution in [1.82, 2.24) is 10.7 Å². The van der Waals surface area contributed by atoms with Crippen LogP contribution in [-0.4, -0.2) is 42.2 Å². The molecule has 0 radical (unpaired) electrons. The van der Waals surface area contributed by atoms with Crippen molar-refractivity contribution in [2.75, 3.05) is 19.0 Å². The second kappa shape index (κ2) is 11.2. The van der Waals surface area contributed by atoms with E-state index in [0.29, 0.717) is 11.1 Å². The molecule has 0 aromatic heterocycles. The molecule has 0 aliphatic rings. The number of phenolic OH excluding ortho intramolecular Hbond substituents is 1. The summed E-state index contributed by atoms with van der Waals surface area (Å²) < 4.78 is 0. The average Bonchev–Trinajstić information content (AvgIpc) is 2.85. The molecular formula is C25H23N5O5. The number of nitrogens with one attached hydrogen (secondary N) is 2. The Hall–Kier alpha value is -4.99. The minimum atomic E-state index is -0.729. The lowest BCUT2D eigenvalue weighted by molar-refractivity contribution is -0.385. The molecule has 10 heteroatoms. The molecule has 35 heavy (non-hydrogen) atoms. The Morgan fingerprint density at radius 3 is 2.29 bits per heavy atom. The van der Waals surface area contributed by atoms with Gasteiger partial charge in [0.25, 0.3) is 11.8 Å². The number of carbonyl (C=O) groups excluding carboxylic acids is 2. The normalized spacial score (nSPS) is 11.2. The monoisotopic (exact) mass is 473 g/mol. The standard InChI is InChI=1S/C25H23N5O5/c1-29(2)20-11-8-17(9-12-20)14-21(27-24(32)19-6-4-3-5-7-19)25(33)28-26-16-18-10-13-23(31)22(15-18)30(34)35/h3-16,31H,1-2H3,(H,27,32)(H,28,33). The van der Waals surface area contributed by atoms with Gasteiger partial charge in [0, 0.05) is 37.0 Å². The summed E-state index contributed by atoms with van der Waals surface area (Å²) in [4.78, 5) is 37.7. The minimum Gasteiger partial charge on any atom is -0.502 e. The van der Waals surface area contributed by atoms with E-state index in [1.807, 2.05) is 31.1 Å². The SMILES string of the molecule is CN(C)c1ccc(C=C(NC(=O)c2ccccc2)C(=O)NN=Cc2ccc(O)c([N+](=O)[O-])c2)cc1. The first-order valence-electron chi connectivity index (χ1n) is 10.4. The Bertz CT molecular complexity index is 1290. The summed E-state index contributed by atoms with van der Waals surface area (Å²) in [6.45, 7) is 0. The van der Waals surface area contributed by atoms with Crippen LogP contribution in [0.2, 0.25) is 0 Å². The van der Waals surface area contributed by atoms with Gasteiger partial charge < -0.3 is 15.3 Å². The first-order chi connectivity index (χ1) is 16.7. The van der Waals surface area contributed by atoms with E-state index in [1.165, 1.54) is 18.4 Å². The van der Waals surface area contributed by atoms with E-state index in [1.54, 1.807) is 42.5 Å². The van der Waals surface area contributed by atoms with Gasteiger partial charge in [0.1, 0.15) is 5.70 Å². The molecule has 0 aliphatic carbocycles. The van der Waals surface area contributed by atoms with Crippen molar-refractivity contribution in [2.45, 2.75) is 0 Å². The van der Waals surface area contributed by atoms with Crippen molar-refractivity contribution in [3.63, 3.8) is 0 Å². The molecule has 0 bridgehead atoms. The summed E-state index contributed by atoms with van der Waals surface area (Å²) in [6, 6.07) is 19.4. The summed E-state index contributed by atoms with van der Waals surface area (Å²) in [5.41, 5.74) is 4.06. The fraction of sp³-hybridized carbons (Fsp3) is 0.0800. The number of carbonyl (C=O) groups is 2. The van der Waals surface area contributed by atoms with E-state index in [2.05, 4.69) is 15.8 Å². The highest BCUT2D eigenvalue weighted by Gasteiger charge is 2.15. The number of nitrogens with zero attached hydrogens (tertiary/aromatic N) is 3. The van der Waals surface area contributed by atoms with Crippen LogP contribution in [0, 0.1) is 10.1 Å². The lowest BCUT2D eigenvalue weighted by atomic mass is 10.1. The molecule has 0 aliphatic heterocycles. The molecule has 3 aromatic rings. The number of hydrogen-bond acceptors (Lipinski definition) is 7. The van der Waals surface area contributed by atoms with Gasteiger partial charge >= 0.3 is 5.69 Å². The molecule has 0 spiro atoms. The van der Waals surface area contributed by atoms with Gasteiger partial charge in [-0.2, -0.15) is 5.10 Å². The number of anilines is 1. The maximum Gasteiger partial charge on any atom is 0.311 e. The summed E-state index contributed by atoms with van der Waals surface area (Å²) in [5.74, 6) is -1.66. The van der Waals surface area contributed by atoms with E-state index in [4.69, 9.17) is 0 Å². The maximum atomic E-state index is 12.8. The number of amides is 2. The Labute approximate surface area is 201 Å². The summed E-state index contributed by atoms with van der Waals surface area (Å²) >= 11 is 0. The van der Waals surface area contributed by atoms with Crippen molar-refractivity contribution >= 4 is 35.5 Å². The number of phenols is 1. The van der Waals surface area contributed by atoms with E-state index >= 15 is 0 Å². The molecule has 3 aromatic carbocycles. The van der Waals surface area contributed by atoms with Crippen LogP contribution in [0.4, 0.5) is 11.4 Å². The number of benzene rings is 3. The van der Waals surface area contributed by atoms with Gasteiger partial charge in [-0.3, -0.25) is 19.7 Å². The summed E-state index contributed by atoms with van der Waals surface area (Å²) in [6.07, 6.45) is 2.70. The third kappa shape index (κ3) is 6.75.